The molecule has 3 aromatic carbocycles. The molecule has 1 unspecified atom stereocenters. The number of para-hydroxylation sites is 2. The summed E-state index contributed by atoms with van der Waals surface area (Å²) >= 11 is 0. The first-order chi connectivity index (χ1) is 17.7. The van der Waals surface area contributed by atoms with Gasteiger partial charge in [0.25, 0.3) is 0 Å². The molecule has 1 fully saturated rings. The molecule has 0 amide bonds. The van der Waals surface area contributed by atoms with Crippen molar-refractivity contribution in [2.75, 3.05) is 44.4 Å². The average Bonchev–Trinajstić information content (AvgIpc) is 3.32. The molecular formula is C30H36N4O2. The lowest BCUT2D eigenvalue weighted by molar-refractivity contribution is 0.0361. The van der Waals surface area contributed by atoms with Crippen molar-refractivity contribution in [2.24, 2.45) is 0 Å². The van der Waals surface area contributed by atoms with Crippen molar-refractivity contribution in [3.8, 4) is 5.75 Å². The molecule has 1 aromatic heterocycles. The summed E-state index contributed by atoms with van der Waals surface area (Å²) in [6.45, 7) is 11.0. The summed E-state index contributed by atoms with van der Waals surface area (Å²) in [6, 6.07) is 27.7. The molecule has 188 valence electrons. The van der Waals surface area contributed by atoms with Crippen LogP contribution in [-0.2, 0) is 17.8 Å². The van der Waals surface area contributed by atoms with E-state index in [2.05, 4.69) is 100 Å². The van der Waals surface area contributed by atoms with Gasteiger partial charge < -0.3 is 14.4 Å². The van der Waals surface area contributed by atoms with Gasteiger partial charge in [-0.1, -0.05) is 60.7 Å². The first-order valence-corrected chi connectivity index (χ1v) is 13.0. The van der Waals surface area contributed by atoms with E-state index in [9.17, 15) is 0 Å². The predicted octanol–water partition coefficient (Wildman–Crippen LogP) is 5.54. The highest BCUT2D eigenvalue weighted by Gasteiger charge is 2.25. The Hall–Kier alpha value is -3.35. The summed E-state index contributed by atoms with van der Waals surface area (Å²) in [5, 5.41) is 6.40. The number of ether oxygens (including phenoxy) is 2. The monoisotopic (exact) mass is 484 g/mol. The van der Waals surface area contributed by atoms with Crippen molar-refractivity contribution in [3.05, 3.63) is 90.1 Å². The minimum absolute atomic E-state index is 0.0663. The fourth-order valence-electron chi connectivity index (χ4n) is 5.03. The number of hydrogen-bond donors (Lipinski definition) is 0. The summed E-state index contributed by atoms with van der Waals surface area (Å²) in [5.41, 5.74) is 4.63. The number of aromatic nitrogens is 2. The third kappa shape index (κ3) is 5.40. The van der Waals surface area contributed by atoms with Crippen LogP contribution in [0.1, 0.15) is 31.1 Å². The van der Waals surface area contributed by atoms with Gasteiger partial charge in [-0.15, -0.1) is 0 Å². The first kappa shape index (κ1) is 24.3. The molecular weight excluding hydrogens is 448 g/mol. The van der Waals surface area contributed by atoms with E-state index in [0.29, 0.717) is 6.61 Å². The van der Waals surface area contributed by atoms with Crippen LogP contribution in [0.4, 0.5) is 5.69 Å². The largest absolute Gasteiger partial charge is 0.492 e. The molecule has 4 aromatic rings. The van der Waals surface area contributed by atoms with Gasteiger partial charge in [-0.2, -0.15) is 5.10 Å². The number of benzene rings is 3. The summed E-state index contributed by atoms with van der Waals surface area (Å²) < 4.78 is 13.8. The lowest BCUT2D eigenvalue weighted by Gasteiger charge is -2.31. The van der Waals surface area contributed by atoms with E-state index in [0.717, 1.165) is 68.3 Å². The maximum absolute atomic E-state index is 6.08. The second kappa shape index (κ2) is 11.6. The molecule has 5 rings (SSSR count). The van der Waals surface area contributed by atoms with E-state index in [1.165, 1.54) is 11.3 Å². The maximum atomic E-state index is 6.08. The summed E-state index contributed by atoms with van der Waals surface area (Å²) in [4.78, 5) is 4.89. The molecule has 0 bridgehead atoms. The Morgan fingerprint density at radius 3 is 2.36 bits per heavy atom. The van der Waals surface area contributed by atoms with Crippen LogP contribution in [-0.4, -0.2) is 54.1 Å². The molecule has 0 radical (unpaired) electrons. The predicted molar refractivity (Wildman–Crippen MR) is 146 cm³/mol. The molecule has 1 aliphatic rings. The number of fused-ring (bicyclic) bond motifs is 1. The van der Waals surface area contributed by atoms with Crippen LogP contribution in [0, 0.1) is 0 Å². The third-order valence-electron chi connectivity index (χ3n) is 6.94. The van der Waals surface area contributed by atoms with E-state index >= 15 is 0 Å². The minimum atomic E-state index is 0.0663. The second-order valence-corrected chi connectivity index (χ2v) is 9.27. The zero-order chi connectivity index (χ0) is 24.7. The molecule has 6 nitrogen and oxygen atoms in total. The molecule has 0 spiro atoms. The highest BCUT2D eigenvalue weighted by Crippen LogP contribution is 2.35. The standard InChI is InChI=1S/C30H36N4O2/c1-3-36-28-16-10-15-27-29(31-34(30(27)28)18-17-32-19-21-35-22-20-32)24(2)33(26-13-8-5-9-14-26)23-25-11-6-4-7-12-25/h4-16,24H,3,17-23H2,1-2H3. The summed E-state index contributed by atoms with van der Waals surface area (Å²) in [6.07, 6.45) is 0. The maximum Gasteiger partial charge on any atom is 0.145 e. The van der Waals surface area contributed by atoms with E-state index in [-0.39, 0.29) is 6.04 Å². The first-order valence-electron chi connectivity index (χ1n) is 13.0. The Morgan fingerprint density at radius 1 is 0.917 bits per heavy atom. The van der Waals surface area contributed by atoms with E-state index in [1.807, 2.05) is 6.92 Å². The minimum Gasteiger partial charge on any atom is -0.492 e. The molecule has 36 heavy (non-hydrogen) atoms. The number of morpholine rings is 1. The SMILES string of the molecule is CCOc1cccc2c(C(C)N(Cc3ccccc3)c3ccccc3)nn(CCN3CCOCC3)c12. The zero-order valence-electron chi connectivity index (χ0n) is 21.3. The highest BCUT2D eigenvalue weighted by molar-refractivity contribution is 5.88. The Bertz CT molecular complexity index is 1240. The van der Waals surface area contributed by atoms with E-state index in [4.69, 9.17) is 14.6 Å². The lowest BCUT2D eigenvalue weighted by atomic mass is 10.1. The number of nitrogens with zero attached hydrogens (tertiary/aromatic N) is 4. The molecule has 1 aliphatic heterocycles. The molecule has 0 aliphatic carbocycles. The van der Waals surface area contributed by atoms with Crippen molar-refractivity contribution < 1.29 is 9.47 Å². The zero-order valence-corrected chi connectivity index (χ0v) is 21.3. The van der Waals surface area contributed by atoms with Gasteiger partial charge in [0.1, 0.15) is 11.3 Å². The quantitative estimate of drug-likeness (QED) is 0.296. The van der Waals surface area contributed by atoms with Gasteiger partial charge >= 0.3 is 0 Å². The van der Waals surface area contributed by atoms with Gasteiger partial charge in [-0.05, 0) is 37.6 Å². The van der Waals surface area contributed by atoms with Crippen LogP contribution >= 0.6 is 0 Å². The highest BCUT2D eigenvalue weighted by atomic mass is 16.5. The van der Waals surface area contributed by atoms with Crippen molar-refractivity contribution in [1.29, 1.82) is 0 Å². The van der Waals surface area contributed by atoms with Crippen LogP contribution in [0.5, 0.6) is 5.75 Å². The van der Waals surface area contributed by atoms with Crippen molar-refractivity contribution in [1.82, 2.24) is 14.7 Å². The molecule has 6 heteroatoms. The summed E-state index contributed by atoms with van der Waals surface area (Å²) in [7, 11) is 0. The van der Waals surface area contributed by atoms with Crippen molar-refractivity contribution >= 4 is 16.6 Å². The third-order valence-corrected chi connectivity index (χ3v) is 6.94. The normalized spacial score (nSPS) is 15.2. The van der Waals surface area contributed by atoms with Gasteiger partial charge in [0, 0.05) is 37.3 Å². The van der Waals surface area contributed by atoms with Crippen LogP contribution in [0.25, 0.3) is 10.9 Å². The van der Waals surface area contributed by atoms with Crippen LogP contribution in [0.2, 0.25) is 0 Å². The fourth-order valence-corrected chi connectivity index (χ4v) is 5.03. The molecule has 0 N–H and O–H groups in total. The molecule has 0 saturated carbocycles. The van der Waals surface area contributed by atoms with Gasteiger partial charge in [0.05, 0.1) is 38.1 Å². The average molecular weight is 485 g/mol. The van der Waals surface area contributed by atoms with Crippen LogP contribution in [0.15, 0.2) is 78.9 Å². The van der Waals surface area contributed by atoms with Gasteiger partial charge in [0.15, 0.2) is 0 Å². The van der Waals surface area contributed by atoms with Gasteiger partial charge in [0.2, 0.25) is 0 Å². The fraction of sp³-hybridized carbons (Fsp3) is 0.367. The Morgan fingerprint density at radius 2 is 1.64 bits per heavy atom. The topological polar surface area (TPSA) is 42.8 Å². The van der Waals surface area contributed by atoms with Crippen molar-refractivity contribution in [2.45, 2.75) is 33.0 Å². The molecule has 1 saturated heterocycles. The van der Waals surface area contributed by atoms with E-state index < -0.39 is 0 Å². The number of rotatable bonds is 10. The Kier molecular flexibility index (Phi) is 7.84. The van der Waals surface area contributed by atoms with Gasteiger partial charge in [-0.25, -0.2) is 0 Å². The molecule has 1 atom stereocenters. The Labute approximate surface area is 214 Å². The Balaban J connectivity index is 1.53. The second-order valence-electron chi connectivity index (χ2n) is 9.27. The van der Waals surface area contributed by atoms with Crippen LogP contribution in [0.3, 0.4) is 0 Å². The van der Waals surface area contributed by atoms with Crippen molar-refractivity contribution in [3.63, 3.8) is 0 Å². The van der Waals surface area contributed by atoms with Crippen LogP contribution < -0.4 is 9.64 Å². The smallest absolute Gasteiger partial charge is 0.145 e. The van der Waals surface area contributed by atoms with Gasteiger partial charge in [-0.3, -0.25) is 9.58 Å². The van der Waals surface area contributed by atoms with E-state index in [1.54, 1.807) is 0 Å². The summed E-state index contributed by atoms with van der Waals surface area (Å²) in [5.74, 6) is 0.900. The molecule has 2 heterocycles. The number of hydrogen-bond acceptors (Lipinski definition) is 5. The lowest BCUT2D eigenvalue weighted by Crippen LogP contribution is -2.38. The number of anilines is 1.